The number of likely N-dealkylation sites (tertiary alicyclic amines) is 1. The Balaban J connectivity index is 1.77. The van der Waals surface area contributed by atoms with Crippen LogP contribution >= 0.6 is 0 Å². The summed E-state index contributed by atoms with van der Waals surface area (Å²) in [6.07, 6.45) is 2.84. The maximum absolute atomic E-state index is 12.4. The minimum Gasteiger partial charge on any atom is -0.372 e. The van der Waals surface area contributed by atoms with Gasteiger partial charge in [0.1, 0.15) is 0 Å². The summed E-state index contributed by atoms with van der Waals surface area (Å²) in [5.74, 6) is 0.136. The van der Waals surface area contributed by atoms with Crippen molar-refractivity contribution in [3.05, 3.63) is 0 Å². The van der Waals surface area contributed by atoms with Crippen molar-refractivity contribution in [1.82, 2.24) is 14.5 Å². The molecule has 0 saturated carbocycles. The number of nitrogens with zero attached hydrogens (tertiary/aromatic N) is 2. The zero-order valence-electron chi connectivity index (χ0n) is 13.6. The fraction of sp³-hybridized carbons (Fsp3) is 0.929. The second kappa shape index (κ2) is 7.25. The molecular formula is C14H27N3O4S. The van der Waals surface area contributed by atoms with Gasteiger partial charge in [0, 0.05) is 32.2 Å². The highest BCUT2D eigenvalue weighted by Crippen LogP contribution is 2.14. The number of hydrogen-bond acceptors (Lipinski definition) is 5. The highest BCUT2D eigenvalue weighted by molar-refractivity contribution is 7.88. The Morgan fingerprint density at radius 3 is 2.23 bits per heavy atom. The van der Waals surface area contributed by atoms with Crippen LogP contribution in [-0.2, 0) is 19.6 Å². The molecule has 7 nitrogen and oxygen atoms in total. The Hall–Kier alpha value is -0.700. The SMILES string of the molecule is CC1CN(C(=O)CN2CCC(NS(C)(=O)=O)CC2)CC(C)O1. The van der Waals surface area contributed by atoms with Gasteiger partial charge < -0.3 is 9.64 Å². The van der Waals surface area contributed by atoms with Gasteiger partial charge in [0.2, 0.25) is 15.9 Å². The average Bonchev–Trinajstić information content (AvgIpc) is 2.38. The third kappa shape index (κ3) is 5.49. The summed E-state index contributed by atoms with van der Waals surface area (Å²) < 4.78 is 30.7. The quantitative estimate of drug-likeness (QED) is 0.760. The summed E-state index contributed by atoms with van der Waals surface area (Å²) in [6.45, 7) is 7.16. The number of hydrogen-bond donors (Lipinski definition) is 1. The summed E-state index contributed by atoms with van der Waals surface area (Å²) in [6, 6.07) is -0.00946. The maximum Gasteiger partial charge on any atom is 0.236 e. The second-order valence-corrected chi connectivity index (χ2v) is 8.28. The van der Waals surface area contributed by atoms with Gasteiger partial charge in [0.05, 0.1) is 25.0 Å². The molecule has 0 radical (unpaired) electrons. The first-order chi connectivity index (χ1) is 10.2. The molecule has 0 bridgehead atoms. The van der Waals surface area contributed by atoms with Gasteiger partial charge in [-0.25, -0.2) is 13.1 Å². The van der Waals surface area contributed by atoms with Gasteiger partial charge in [-0.2, -0.15) is 0 Å². The van der Waals surface area contributed by atoms with Crippen molar-refractivity contribution in [2.45, 2.75) is 44.9 Å². The third-order valence-corrected chi connectivity index (χ3v) is 4.86. The average molecular weight is 333 g/mol. The Kier molecular flexibility index (Phi) is 5.81. The number of sulfonamides is 1. The molecule has 0 aromatic carbocycles. The highest BCUT2D eigenvalue weighted by Gasteiger charge is 2.28. The van der Waals surface area contributed by atoms with Crippen molar-refractivity contribution in [3.8, 4) is 0 Å². The molecule has 128 valence electrons. The normalized spacial score (nSPS) is 28.8. The van der Waals surface area contributed by atoms with Gasteiger partial charge >= 0.3 is 0 Å². The molecule has 8 heteroatoms. The molecule has 2 fully saturated rings. The van der Waals surface area contributed by atoms with E-state index in [2.05, 4.69) is 9.62 Å². The first-order valence-electron chi connectivity index (χ1n) is 7.86. The van der Waals surface area contributed by atoms with Gasteiger partial charge in [-0.05, 0) is 26.7 Å². The lowest BCUT2D eigenvalue weighted by atomic mass is 10.1. The Morgan fingerprint density at radius 2 is 1.73 bits per heavy atom. The van der Waals surface area contributed by atoms with Crippen LogP contribution in [0.3, 0.4) is 0 Å². The number of amides is 1. The van der Waals surface area contributed by atoms with E-state index in [0.717, 1.165) is 25.9 Å². The molecule has 2 atom stereocenters. The largest absolute Gasteiger partial charge is 0.372 e. The summed E-state index contributed by atoms with van der Waals surface area (Å²) in [7, 11) is -3.15. The van der Waals surface area contributed by atoms with Crippen LogP contribution in [0.5, 0.6) is 0 Å². The van der Waals surface area contributed by atoms with E-state index in [1.165, 1.54) is 6.26 Å². The fourth-order valence-electron chi connectivity index (χ4n) is 3.18. The first kappa shape index (κ1) is 17.7. The molecule has 2 rings (SSSR count). The highest BCUT2D eigenvalue weighted by atomic mass is 32.2. The van der Waals surface area contributed by atoms with Crippen molar-refractivity contribution < 1.29 is 17.9 Å². The van der Waals surface area contributed by atoms with Crippen molar-refractivity contribution >= 4 is 15.9 Å². The monoisotopic (exact) mass is 333 g/mol. The van der Waals surface area contributed by atoms with E-state index in [-0.39, 0.29) is 24.2 Å². The lowest BCUT2D eigenvalue weighted by Gasteiger charge is -2.37. The van der Waals surface area contributed by atoms with Crippen molar-refractivity contribution in [2.24, 2.45) is 0 Å². The molecule has 2 saturated heterocycles. The van der Waals surface area contributed by atoms with Crippen LogP contribution in [0, 0.1) is 0 Å². The molecule has 0 aromatic heterocycles. The van der Waals surface area contributed by atoms with Gasteiger partial charge in [0.15, 0.2) is 0 Å². The molecule has 0 aromatic rings. The van der Waals surface area contributed by atoms with Crippen molar-refractivity contribution in [3.63, 3.8) is 0 Å². The predicted molar refractivity (Wildman–Crippen MR) is 84.0 cm³/mol. The topological polar surface area (TPSA) is 79.0 Å². The van der Waals surface area contributed by atoms with E-state index >= 15 is 0 Å². The van der Waals surface area contributed by atoms with Gasteiger partial charge in [-0.3, -0.25) is 9.69 Å². The van der Waals surface area contributed by atoms with Crippen LogP contribution < -0.4 is 4.72 Å². The van der Waals surface area contributed by atoms with Crippen LogP contribution in [0.2, 0.25) is 0 Å². The lowest BCUT2D eigenvalue weighted by Crippen LogP contribution is -2.52. The van der Waals surface area contributed by atoms with E-state index in [0.29, 0.717) is 19.6 Å². The number of nitrogens with one attached hydrogen (secondary N) is 1. The molecule has 22 heavy (non-hydrogen) atoms. The van der Waals surface area contributed by atoms with Crippen molar-refractivity contribution in [1.29, 1.82) is 0 Å². The molecule has 0 aliphatic carbocycles. The number of morpholine rings is 1. The van der Waals surface area contributed by atoms with Crippen LogP contribution in [0.15, 0.2) is 0 Å². The standard InChI is InChI=1S/C14H27N3O4S/c1-11-8-17(9-12(2)21-11)14(18)10-16-6-4-13(5-7-16)15-22(3,19)20/h11-13,15H,4-10H2,1-3H3. The first-order valence-corrected chi connectivity index (χ1v) is 9.75. The number of piperidine rings is 1. The second-order valence-electron chi connectivity index (χ2n) is 6.50. The van der Waals surface area contributed by atoms with Gasteiger partial charge in [0.25, 0.3) is 0 Å². The Bertz CT molecular complexity index is 478. The number of carbonyl (C=O) groups is 1. The Labute approximate surface area is 133 Å². The van der Waals surface area contributed by atoms with E-state index in [1.54, 1.807) is 0 Å². The zero-order valence-corrected chi connectivity index (χ0v) is 14.4. The summed E-state index contributed by atoms with van der Waals surface area (Å²) in [5.41, 5.74) is 0. The minimum atomic E-state index is -3.15. The van der Waals surface area contributed by atoms with E-state index in [9.17, 15) is 13.2 Å². The zero-order chi connectivity index (χ0) is 16.3. The third-order valence-electron chi connectivity index (χ3n) is 4.10. The van der Waals surface area contributed by atoms with Crippen LogP contribution in [0.4, 0.5) is 0 Å². The number of ether oxygens (including phenoxy) is 1. The van der Waals surface area contributed by atoms with Crippen LogP contribution in [0.25, 0.3) is 0 Å². The maximum atomic E-state index is 12.4. The Morgan fingerprint density at radius 1 is 1.18 bits per heavy atom. The van der Waals surface area contributed by atoms with E-state index in [1.807, 2.05) is 18.7 Å². The number of rotatable bonds is 4. The van der Waals surface area contributed by atoms with Crippen LogP contribution in [0.1, 0.15) is 26.7 Å². The molecule has 0 spiro atoms. The minimum absolute atomic E-state index is 0.00946. The van der Waals surface area contributed by atoms with Crippen LogP contribution in [-0.4, -0.2) is 81.4 Å². The molecule has 1 N–H and O–H groups in total. The molecule has 2 aliphatic heterocycles. The summed E-state index contributed by atoms with van der Waals surface area (Å²) >= 11 is 0. The van der Waals surface area contributed by atoms with Gasteiger partial charge in [-0.1, -0.05) is 0 Å². The van der Waals surface area contributed by atoms with Gasteiger partial charge in [-0.15, -0.1) is 0 Å². The molecule has 1 amide bonds. The molecule has 2 unspecified atom stereocenters. The number of carbonyl (C=O) groups excluding carboxylic acids is 1. The predicted octanol–water partition coefficient (Wildman–Crippen LogP) is -0.364. The fourth-order valence-corrected chi connectivity index (χ4v) is 4.03. The summed E-state index contributed by atoms with van der Waals surface area (Å²) in [4.78, 5) is 16.4. The smallest absolute Gasteiger partial charge is 0.236 e. The molecular weight excluding hydrogens is 306 g/mol. The van der Waals surface area contributed by atoms with Crippen molar-refractivity contribution in [2.75, 3.05) is 39.0 Å². The lowest BCUT2D eigenvalue weighted by molar-refractivity contribution is -0.144. The van der Waals surface area contributed by atoms with E-state index < -0.39 is 10.0 Å². The summed E-state index contributed by atoms with van der Waals surface area (Å²) in [5, 5.41) is 0. The molecule has 2 heterocycles. The molecule has 2 aliphatic rings. The van der Waals surface area contributed by atoms with E-state index in [4.69, 9.17) is 4.74 Å².